The summed E-state index contributed by atoms with van der Waals surface area (Å²) in [7, 11) is 0. The molecule has 7 nitrogen and oxygen atoms in total. The van der Waals surface area contributed by atoms with Gasteiger partial charge in [-0.2, -0.15) is 5.06 Å². The van der Waals surface area contributed by atoms with Gasteiger partial charge in [0.15, 0.2) is 0 Å². The van der Waals surface area contributed by atoms with Crippen molar-refractivity contribution in [3.05, 3.63) is 179 Å². The molecule has 0 aliphatic carbocycles. The molecule has 2 aliphatic rings. The molecule has 2 aliphatic heterocycles. The van der Waals surface area contributed by atoms with Crippen molar-refractivity contribution in [3.63, 3.8) is 0 Å². The maximum Gasteiger partial charge on any atom is 0.115 e. The van der Waals surface area contributed by atoms with E-state index in [0.29, 0.717) is 52.8 Å². The molecule has 7 heteroatoms. The van der Waals surface area contributed by atoms with E-state index >= 15 is 0 Å². The van der Waals surface area contributed by atoms with Crippen molar-refractivity contribution in [2.24, 2.45) is 5.92 Å². The Labute approximate surface area is 301 Å². The third-order valence-electron chi connectivity index (χ3n) is 9.58. The highest BCUT2D eigenvalue weighted by atomic mass is 16.7. The maximum absolute atomic E-state index is 7.00. The molecule has 0 radical (unpaired) electrons. The number of hydrogen-bond acceptors (Lipinski definition) is 7. The minimum absolute atomic E-state index is 0.0335. The number of hydrogen-bond donors (Lipinski definition) is 0. The molecular formula is C44H47NO6. The molecule has 0 N–H and O–H groups in total. The summed E-state index contributed by atoms with van der Waals surface area (Å²) in [5.41, 5.74) is 5.49. The second-order valence-electron chi connectivity index (χ2n) is 13.3. The maximum atomic E-state index is 7.00. The van der Waals surface area contributed by atoms with Crippen LogP contribution in [0, 0.1) is 5.92 Å². The van der Waals surface area contributed by atoms with Crippen LogP contribution in [0.2, 0.25) is 0 Å². The Bertz CT molecular complexity index is 1700. The van der Waals surface area contributed by atoms with Gasteiger partial charge in [0, 0.05) is 12.5 Å². The van der Waals surface area contributed by atoms with Gasteiger partial charge in [-0.15, -0.1) is 0 Å². The van der Waals surface area contributed by atoms with E-state index in [1.54, 1.807) is 0 Å². The van der Waals surface area contributed by atoms with Gasteiger partial charge in [0.2, 0.25) is 0 Å². The lowest BCUT2D eigenvalue weighted by Gasteiger charge is -2.39. The van der Waals surface area contributed by atoms with E-state index in [0.717, 1.165) is 22.3 Å². The van der Waals surface area contributed by atoms with Gasteiger partial charge in [-0.1, -0.05) is 152 Å². The smallest absolute Gasteiger partial charge is 0.115 e. The van der Waals surface area contributed by atoms with Crippen molar-refractivity contribution in [2.75, 3.05) is 19.8 Å². The Morgan fingerprint density at radius 3 is 1.55 bits per heavy atom. The largest absolute Gasteiger partial charge is 0.374 e. The topological polar surface area (TPSA) is 58.6 Å². The van der Waals surface area contributed by atoms with Crippen molar-refractivity contribution in [1.29, 1.82) is 0 Å². The van der Waals surface area contributed by atoms with Gasteiger partial charge in [-0.25, -0.2) is 0 Å². The fourth-order valence-corrected chi connectivity index (χ4v) is 6.93. The highest BCUT2D eigenvalue weighted by Crippen LogP contribution is 2.38. The number of fused-ring (bicyclic) bond motifs is 1. The second-order valence-corrected chi connectivity index (χ2v) is 13.3. The van der Waals surface area contributed by atoms with Crippen LogP contribution >= 0.6 is 0 Å². The predicted molar refractivity (Wildman–Crippen MR) is 196 cm³/mol. The van der Waals surface area contributed by atoms with Crippen LogP contribution in [0.1, 0.15) is 27.8 Å². The minimum atomic E-state index is -0.545. The zero-order valence-electron chi connectivity index (χ0n) is 29.0. The van der Waals surface area contributed by atoms with Crippen molar-refractivity contribution in [2.45, 2.75) is 63.4 Å². The molecule has 2 fully saturated rings. The average molecular weight is 686 g/mol. The Kier molecular flexibility index (Phi) is 12.7. The van der Waals surface area contributed by atoms with Crippen molar-refractivity contribution < 1.29 is 28.5 Å². The fourth-order valence-electron chi connectivity index (χ4n) is 6.93. The monoisotopic (exact) mass is 685 g/mol. The number of hydroxylamine groups is 2. The summed E-state index contributed by atoms with van der Waals surface area (Å²) < 4.78 is 34.0. The average Bonchev–Trinajstić information content (AvgIpc) is 3.80. The fraction of sp³-hybridized carbons (Fsp3) is 0.318. The highest BCUT2D eigenvalue weighted by molar-refractivity contribution is 5.18. The van der Waals surface area contributed by atoms with Gasteiger partial charge in [-0.3, -0.25) is 4.84 Å². The lowest BCUT2D eigenvalue weighted by Crippen LogP contribution is -2.55. The van der Waals surface area contributed by atoms with E-state index in [9.17, 15) is 0 Å². The molecule has 0 spiro atoms. The molecule has 264 valence electrons. The summed E-state index contributed by atoms with van der Waals surface area (Å²) in [5.74, 6) is 0.203. The highest BCUT2D eigenvalue weighted by Gasteiger charge is 2.53. The molecule has 7 rings (SSSR count). The summed E-state index contributed by atoms with van der Waals surface area (Å²) in [6.07, 6.45) is -1.88. The van der Waals surface area contributed by atoms with E-state index in [4.69, 9.17) is 28.5 Å². The minimum Gasteiger partial charge on any atom is -0.374 e. The first-order valence-corrected chi connectivity index (χ1v) is 17.9. The van der Waals surface area contributed by atoms with Crippen LogP contribution in [0.5, 0.6) is 0 Å². The van der Waals surface area contributed by atoms with Gasteiger partial charge in [0.25, 0.3) is 0 Å². The normalized spacial score (nSPS) is 20.5. The van der Waals surface area contributed by atoms with Crippen LogP contribution in [0.25, 0.3) is 0 Å². The van der Waals surface area contributed by atoms with Crippen molar-refractivity contribution >= 4 is 0 Å². The molecule has 0 saturated carbocycles. The number of rotatable bonds is 18. The number of nitrogens with zero attached hydrogens (tertiary/aromatic N) is 1. The molecule has 2 heterocycles. The van der Waals surface area contributed by atoms with Crippen LogP contribution in [-0.4, -0.2) is 55.3 Å². The molecule has 0 bridgehead atoms. The van der Waals surface area contributed by atoms with Gasteiger partial charge >= 0.3 is 0 Å². The molecule has 51 heavy (non-hydrogen) atoms. The third-order valence-corrected chi connectivity index (χ3v) is 9.58. The first kappa shape index (κ1) is 35.2. The Morgan fingerprint density at radius 1 is 0.529 bits per heavy atom. The zero-order valence-corrected chi connectivity index (χ0v) is 29.0. The van der Waals surface area contributed by atoms with Crippen LogP contribution in [0.3, 0.4) is 0 Å². The molecule has 0 unspecified atom stereocenters. The standard InChI is InChI=1S/C44H47NO6/c1-6-16-34(17-7-1)26-45-41-39(32-51-45)31-50-43(41)44(49-30-38-24-14-5-15-25-38)42(48-29-37-22-12-4-13-23-37)40(47-28-36-20-10-3-11-21-36)33-46-27-35-18-8-2-9-19-35/h1-25,39-44H,26-33H2/t39-,40-,41+,42-,43+,44+/m1/s1. The van der Waals surface area contributed by atoms with Crippen molar-refractivity contribution in [3.8, 4) is 0 Å². The van der Waals surface area contributed by atoms with Crippen molar-refractivity contribution in [1.82, 2.24) is 5.06 Å². The molecule has 0 amide bonds. The summed E-state index contributed by atoms with van der Waals surface area (Å²) in [6, 6.07) is 51.4. The molecule has 5 aromatic rings. The van der Waals surface area contributed by atoms with Crippen LogP contribution in [0.4, 0.5) is 0 Å². The molecule has 2 saturated heterocycles. The van der Waals surface area contributed by atoms with Crippen LogP contribution in [0.15, 0.2) is 152 Å². The lowest BCUT2D eigenvalue weighted by atomic mass is 9.92. The summed E-state index contributed by atoms with van der Waals surface area (Å²) in [6.45, 7) is 3.76. The lowest BCUT2D eigenvalue weighted by molar-refractivity contribution is -0.218. The predicted octanol–water partition coefficient (Wildman–Crippen LogP) is 7.79. The first-order valence-electron chi connectivity index (χ1n) is 17.9. The molecular weight excluding hydrogens is 638 g/mol. The van der Waals surface area contributed by atoms with E-state index in [1.807, 2.05) is 78.9 Å². The quantitative estimate of drug-likeness (QED) is 0.0934. The van der Waals surface area contributed by atoms with E-state index in [2.05, 4.69) is 77.9 Å². The molecule has 0 aromatic heterocycles. The van der Waals surface area contributed by atoms with Crippen LogP contribution < -0.4 is 0 Å². The summed E-state index contributed by atoms with van der Waals surface area (Å²) >= 11 is 0. The Balaban J connectivity index is 1.21. The molecule has 5 aromatic carbocycles. The SMILES string of the molecule is c1ccc(COC[C@@H](OCc2ccccc2)[C@@H](OCc2ccccc2)[C@H](OCc2ccccc2)[C@H]2OC[C@@H]3CON(Cc4ccccc4)[C@@H]32)cc1. The van der Waals surface area contributed by atoms with Gasteiger partial charge in [0.1, 0.15) is 24.4 Å². The van der Waals surface area contributed by atoms with E-state index < -0.39 is 18.3 Å². The first-order chi connectivity index (χ1) is 25.3. The van der Waals surface area contributed by atoms with Gasteiger partial charge in [-0.05, 0) is 27.8 Å². The summed E-state index contributed by atoms with van der Waals surface area (Å²) in [4.78, 5) is 6.36. The second kappa shape index (κ2) is 18.4. The van der Waals surface area contributed by atoms with Crippen LogP contribution in [-0.2, 0) is 61.5 Å². The van der Waals surface area contributed by atoms with E-state index in [-0.39, 0.29) is 18.1 Å². The molecule has 6 atom stereocenters. The number of ether oxygens (including phenoxy) is 5. The van der Waals surface area contributed by atoms with Gasteiger partial charge < -0.3 is 23.7 Å². The zero-order chi connectivity index (χ0) is 34.5. The third kappa shape index (κ3) is 9.79. The Hall–Kier alpha value is -4.18. The number of benzene rings is 5. The van der Waals surface area contributed by atoms with E-state index in [1.165, 1.54) is 5.56 Å². The Morgan fingerprint density at radius 2 is 1.00 bits per heavy atom. The van der Waals surface area contributed by atoms with Gasteiger partial charge in [0.05, 0.1) is 52.3 Å². The summed E-state index contributed by atoms with van der Waals surface area (Å²) in [5, 5.41) is 2.09.